The van der Waals surface area contributed by atoms with Crippen LogP contribution in [0.3, 0.4) is 0 Å². The second-order valence-electron chi connectivity index (χ2n) is 3.73. The lowest BCUT2D eigenvalue weighted by atomic mass is 10.4. The number of anilines is 1. The van der Waals surface area contributed by atoms with Crippen LogP contribution in [-0.4, -0.2) is 37.5 Å². The van der Waals surface area contributed by atoms with Crippen molar-refractivity contribution >= 4 is 31.8 Å². The maximum Gasteiger partial charge on any atom is 0.390 e. The fraction of sp³-hybridized carbons (Fsp3) is 0.444. The van der Waals surface area contributed by atoms with E-state index in [1.165, 1.54) is 12.3 Å². The average molecular weight is 362 g/mol. The van der Waals surface area contributed by atoms with E-state index in [1.54, 1.807) is 0 Å². The van der Waals surface area contributed by atoms with Crippen molar-refractivity contribution in [2.75, 3.05) is 19.3 Å². The highest BCUT2D eigenvalue weighted by atomic mass is 79.9. The van der Waals surface area contributed by atoms with Crippen LogP contribution in [0.2, 0.25) is 0 Å². The van der Waals surface area contributed by atoms with Gasteiger partial charge in [-0.15, -0.1) is 0 Å². The van der Waals surface area contributed by atoms with Gasteiger partial charge in [-0.2, -0.15) is 13.2 Å². The van der Waals surface area contributed by atoms with Crippen molar-refractivity contribution in [2.45, 2.75) is 17.5 Å². The number of rotatable bonds is 4. The second-order valence-corrected chi connectivity index (χ2v) is 6.66. The molecule has 1 rings (SSSR count). The number of nitrogens with two attached hydrogens (primary N) is 1. The van der Waals surface area contributed by atoms with Crippen molar-refractivity contribution in [1.29, 1.82) is 0 Å². The number of sulfonamides is 1. The summed E-state index contributed by atoms with van der Waals surface area (Å²) < 4.78 is 61.3. The number of hydrogen-bond donors (Lipinski definition) is 1. The third-order valence-electron chi connectivity index (χ3n) is 2.25. The van der Waals surface area contributed by atoms with E-state index in [0.29, 0.717) is 8.78 Å². The number of halogens is 4. The van der Waals surface area contributed by atoms with Gasteiger partial charge in [0.25, 0.3) is 0 Å². The van der Waals surface area contributed by atoms with Crippen molar-refractivity contribution < 1.29 is 21.6 Å². The van der Waals surface area contributed by atoms with E-state index in [9.17, 15) is 21.6 Å². The SMILES string of the molecule is CN(CCC(F)(F)F)S(=O)(=O)c1cc(Br)cnc1N. The van der Waals surface area contributed by atoms with Gasteiger partial charge in [-0.1, -0.05) is 0 Å². The van der Waals surface area contributed by atoms with E-state index in [2.05, 4.69) is 20.9 Å². The molecular weight excluding hydrogens is 351 g/mol. The van der Waals surface area contributed by atoms with E-state index in [1.807, 2.05) is 0 Å². The topological polar surface area (TPSA) is 76.3 Å². The molecule has 0 spiro atoms. The highest BCUT2D eigenvalue weighted by Gasteiger charge is 2.31. The molecule has 0 saturated carbocycles. The summed E-state index contributed by atoms with van der Waals surface area (Å²) in [5.74, 6) is -0.262. The van der Waals surface area contributed by atoms with Crippen LogP contribution in [0.5, 0.6) is 0 Å². The quantitative estimate of drug-likeness (QED) is 0.889. The molecule has 1 aromatic heterocycles. The van der Waals surface area contributed by atoms with Crippen LogP contribution < -0.4 is 5.73 Å². The molecule has 108 valence electrons. The maximum absolute atomic E-state index is 12.1. The molecule has 1 heterocycles. The molecule has 0 aliphatic rings. The van der Waals surface area contributed by atoms with Crippen LogP contribution in [0, 0.1) is 0 Å². The molecule has 0 atom stereocenters. The molecule has 0 aliphatic heterocycles. The van der Waals surface area contributed by atoms with Gasteiger partial charge in [0.15, 0.2) is 0 Å². The first-order chi connectivity index (χ1) is 8.54. The Morgan fingerprint density at radius 3 is 2.58 bits per heavy atom. The fourth-order valence-corrected chi connectivity index (χ4v) is 2.95. The molecule has 1 aromatic rings. The summed E-state index contributed by atoms with van der Waals surface area (Å²) in [4.78, 5) is 3.31. The molecule has 19 heavy (non-hydrogen) atoms. The van der Waals surface area contributed by atoms with Crippen LogP contribution >= 0.6 is 15.9 Å². The zero-order valence-electron chi connectivity index (χ0n) is 9.78. The minimum atomic E-state index is -4.43. The van der Waals surface area contributed by atoms with Gasteiger partial charge in [0.05, 0.1) is 6.42 Å². The highest BCUT2D eigenvalue weighted by Crippen LogP contribution is 2.25. The first-order valence-electron chi connectivity index (χ1n) is 4.98. The minimum absolute atomic E-state index is 0.262. The van der Waals surface area contributed by atoms with E-state index in [0.717, 1.165) is 7.05 Å². The lowest BCUT2D eigenvalue weighted by Gasteiger charge is -2.18. The van der Waals surface area contributed by atoms with Crippen LogP contribution in [0.15, 0.2) is 21.6 Å². The predicted molar refractivity (Wildman–Crippen MR) is 66.8 cm³/mol. The Hall–Kier alpha value is -0.870. The van der Waals surface area contributed by atoms with E-state index in [-0.39, 0.29) is 10.7 Å². The molecule has 10 heteroatoms. The van der Waals surface area contributed by atoms with Gasteiger partial charge in [-0.05, 0) is 22.0 Å². The van der Waals surface area contributed by atoms with Gasteiger partial charge in [0.1, 0.15) is 10.7 Å². The van der Waals surface area contributed by atoms with Gasteiger partial charge in [0.2, 0.25) is 10.0 Å². The van der Waals surface area contributed by atoms with E-state index < -0.39 is 29.2 Å². The normalized spacial score (nSPS) is 12.9. The third kappa shape index (κ3) is 4.32. The molecule has 0 bridgehead atoms. The molecule has 0 saturated heterocycles. The monoisotopic (exact) mass is 361 g/mol. The van der Waals surface area contributed by atoms with Gasteiger partial charge in [-0.25, -0.2) is 17.7 Å². The van der Waals surface area contributed by atoms with Crippen LogP contribution in [-0.2, 0) is 10.0 Å². The number of nitrogens with zero attached hydrogens (tertiary/aromatic N) is 2. The second kappa shape index (κ2) is 5.63. The molecule has 0 amide bonds. The number of nitrogen functional groups attached to an aromatic ring is 1. The lowest BCUT2D eigenvalue weighted by Crippen LogP contribution is -2.31. The van der Waals surface area contributed by atoms with Gasteiger partial charge < -0.3 is 5.73 Å². The Kier molecular flexibility index (Phi) is 4.80. The third-order valence-corrected chi connectivity index (χ3v) is 4.57. The number of aromatic nitrogens is 1. The summed E-state index contributed by atoms with van der Waals surface area (Å²) in [5.41, 5.74) is 5.44. The van der Waals surface area contributed by atoms with Crippen molar-refractivity contribution in [3.05, 3.63) is 16.7 Å². The summed E-state index contributed by atoms with van der Waals surface area (Å²) in [5, 5.41) is 0. The molecule has 2 N–H and O–H groups in total. The minimum Gasteiger partial charge on any atom is -0.383 e. The van der Waals surface area contributed by atoms with Crippen LogP contribution in [0.4, 0.5) is 19.0 Å². The first kappa shape index (κ1) is 16.2. The van der Waals surface area contributed by atoms with Gasteiger partial charge >= 0.3 is 6.18 Å². The molecular formula is C9H11BrF3N3O2S. The van der Waals surface area contributed by atoms with Crippen molar-refractivity contribution in [3.63, 3.8) is 0 Å². The molecule has 0 fully saturated rings. The Morgan fingerprint density at radius 2 is 2.05 bits per heavy atom. The molecule has 0 radical (unpaired) electrons. The maximum atomic E-state index is 12.1. The summed E-state index contributed by atoms with van der Waals surface area (Å²) in [7, 11) is -3.04. The van der Waals surface area contributed by atoms with Gasteiger partial charge in [0, 0.05) is 24.3 Å². The average Bonchev–Trinajstić information content (AvgIpc) is 2.28. The highest BCUT2D eigenvalue weighted by molar-refractivity contribution is 9.10. The smallest absolute Gasteiger partial charge is 0.383 e. The zero-order valence-corrected chi connectivity index (χ0v) is 12.2. The van der Waals surface area contributed by atoms with Crippen molar-refractivity contribution in [1.82, 2.24) is 9.29 Å². The lowest BCUT2D eigenvalue weighted by molar-refractivity contribution is -0.135. The fourth-order valence-electron chi connectivity index (χ4n) is 1.21. The standard InChI is InChI=1S/C9H11BrF3N3O2S/c1-16(3-2-9(11,12)13)19(17,18)7-4-6(10)5-15-8(7)14/h4-5H,2-3H2,1H3,(H2,14,15). The molecule has 0 unspecified atom stereocenters. The molecule has 5 nitrogen and oxygen atoms in total. The Labute approximate surface area is 116 Å². The Balaban J connectivity index is 3.00. The summed E-state index contributed by atoms with van der Waals surface area (Å²) >= 11 is 3.03. The summed E-state index contributed by atoms with van der Waals surface area (Å²) in [6.07, 6.45) is -4.36. The largest absolute Gasteiger partial charge is 0.390 e. The van der Waals surface area contributed by atoms with E-state index >= 15 is 0 Å². The predicted octanol–water partition coefficient (Wildman–Crippen LogP) is 2.00. The number of pyridine rings is 1. The number of hydrogen-bond acceptors (Lipinski definition) is 4. The van der Waals surface area contributed by atoms with Gasteiger partial charge in [-0.3, -0.25) is 0 Å². The Morgan fingerprint density at radius 1 is 1.47 bits per heavy atom. The summed E-state index contributed by atoms with van der Waals surface area (Å²) in [6.45, 7) is -0.683. The number of alkyl halides is 3. The molecule has 0 aromatic carbocycles. The summed E-state index contributed by atoms with van der Waals surface area (Å²) in [6, 6.07) is 1.20. The zero-order chi connectivity index (χ0) is 14.8. The van der Waals surface area contributed by atoms with Crippen LogP contribution in [0.25, 0.3) is 0 Å². The molecule has 0 aliphatic carbocycles. The Bertz CT molecular complexity index is 562. The van der Waals surface area contributed by atoms with E-state index in [4.69, 9.17) is 5.73 Å². The van der Waals surface area contributed by atoms with Crippen molar-refractivity contribution in [2.24, 2.45) is 0 Å². The van der Waals surface area contributed by atoms with Crippen LogP contribution in [0.1, 0.15) is 6.42 Å². The van der Waals surface area contributed by atoms with Crippen molar-refractivity contribution in [3.8, 4) is 0 Å². The first-order valence-corrected chi connectivity index (χ1v) is 7.21.